The van der Waals surface area contributed by atoms with Crippen molar-refractivity contribution in [2.24, 2.45) is 11.8 Å². The third kappa shape index (κ3) is 6.94. The molecule has 0 saturated carbocycles. The van der Waals surface area contributed by atoms with Crippen molar-refractivity contribution in [1.82, 2.24) is 10.2 Å². The Hall–Kier alpha value is -5.26. The van der Waals surface area contributed by atoms with Crippen molar-refractivity contribution < 1.29 is 33.8 Å². The van der Waals surface area contributed by atoms with Crippen LogP contribution in [0.25, 0.3) is 0 Å². The van der Waals surface area contributed by atoms with Gasteiger partial charge in [0.2, 0.25) is 11.8 Å². The molecule has 4 aliphatic rings. The summed E-state index contributed by atoms with van der Waals surface area (Å²) in [6.45, 7) is 5.46. The molecule has 4 aliphatic heterocycles. The summed E-state index contributed by atoms with van der Waals surface area (Å²) in [5.41, 5.74) is 1.80. The molecule has 7 atom stereocenters. The fraction of sp³-hybridized carbons (Fsp3) is 0.395. The van der Waals surface area contributed by atoms with Gasteiger partial charge in [-0.2, -0.15) is 0 Å². The molecular weight excluding hydrogens is 684 g/mol. The number of aliphatic hydroxyl groups is 1. The van der Waals surface area contributed by atoms with Gasteiger partial charge in [0.25, 0.3) is 5.91 Å². The number of nitrogens with one attached hydrogen (secondary N) is 1. The van der Waals surface area contributed by atoms with Gasteiger partial charge in [0, 0.05) is 37.4 Å². The lowest BCUT2D eigenvalue weighted by Crippen LogP contribution is -2.59. The third-order valence-electron chi connectivity index (χ3n) is 11.2. The summed E-state index contributed by atoms with van der Waals surface area (Å²) in [6.07, 6.45) is 7.27. The van der Waals surface area contributed by atoms with E-state index in [1.165, 1.54) is 4.90 Å². The summed E-state index contributed by atoms with van der Waals surface area (Å²) < 4.78 is 12.4. The fourth-order valence-electron chi connectivity index (χ4n) is 8.54. The lowest BCUT2D eigenvalue weighted by Gasteiger charge is -2.39. The molecule has 11 heteroatoms. The molecule has 0 aromatic heterocycles. The van der Waals surface area contributed by atoms with E-state index < -0.39 is 72.0 Å². The maximum absolute atomic E-state index is 15.4. The van der Waals surface area contributed by atoms with Crippen molar-refractivity contribution in [3.8, 4) is 0 Å². The highest BCUT2D eigenvalue weighted by Crippen LogP contribution is 2.56. The molecule has 0 unspecified atom stereocenters. The zero-order valence-electron chi connectivity index (χ0n) is 30.8. The van der Waals surface area contributed by atoms with Gasteiger partial charge < -0.3 is 34.6 Å². The van der Waals surface area contributed by atoms with Gasteiger partial charge in [0.1, 0.15) is 18.2 Å². The molecular formula is C43H48N4O7. The Morgan fingerprint density at radius 2 is 1.61 bits per heavy atom. The van der Waals surface area contributed by atoms with Crippen molar-refractivity contribution >= 4 is 35.1 Å². The Balaban J connectivity index is 1.33. The second-order valence-electron chi connectivity index (χ2n) is 14.3. The molecule has 3 aromatic rings. The van der Waals surface area contributed by atoms with Gasteiger partial charge in [-0.15, -0.1) is 0 Å². The quantitative estimate of drug-likeness (QED) is 0.245. The number of carbonyl (C=O) groups is 4. The van der Waals surface area contributed by atoms with Gasteiger partial charge in [-0.05, 0) is 62.1 Å². The first-order chi connectivity index (χ1) is 26.3. The molecule has 11 nitrogen and oxygen atoms in total. The molecule has 2 N–H and O–H groups in total. The summed E-state index contributed by atoms with van der Waals surface area (Å²) in [7, 11) is 0. The van der Waals surface area contributed by atoms with E-state index >= 15 is 4.79 Å². The van der Waals surface area contributed by atoms with Gasteiger partial charge in [-0.3, -0.25) is 19.2 Å². The van der Waals surface area contributed by atoms with Gasteiger partial charge in [0.15, 0.2) is 0 Å². The maximum Gasteiger partial charge on any atom is 0.306 e. The van der Waals surface area contributed by atoms with Crippen molar-refractivity contribution in [3.63, 3.8) is 0 Å². The summed E-state index contributed by atoms with van der Waals surface area (Å²) >= 11 is 0. The molecule has 3 aromatic carbocycles. The number of amides is 3. The highest BCUT2D eigenvalue weighted by Gasteiger charge is 2.74. The Morgan fingerprint density at radius 3 is 2.30 bits per heavy atom. The summed E-state index contributed by atoms with van der Waals surface area (Å²) in [5.74, 6) is -3.69. The Morgan fingerprint density at radius 1 is 0.907 bits per heavy atom. The first-order valence-corrected chi connectivity index (χ1v) is 19.0. The average molecular weight is 733 g/mol. The molecule has 282 valence electrons. The minimum absolute atomic E-state index is 0.0930. The van der Waals surface area contributed by atoms with Gasteiger partial charge in [-0.1, -0.05) is 85.0 Å². The highest BCUT2D eigenvalue weighted by atomic mass is 16.5. The van der Waals surface area contributed by atoms with Crippen LogP contribution in [0.3, 0.4) is 0 Å². The number of allylic oxidation sites excluding steroid dienone is 1. The molecule has 2 fully saturated rings. The summed E-state index contributed by atoms with van der Waals surface area (Å²) in [5, 5.41) is 14.0. The van der Waals surface area contributed by atoms with E-state index in [2.05, 4.69) is 24.1 Å². The molecule has 7 rings (SSSR count). The smallest absolute Gasteiger partial charge is 0.306 e. The first-order valence-electron chi connectivity index (χ1n) is 19.0. The number of carbonyl (C=O) groups excluding carboxylic acids is 4. The minimum Gasteiger partial charge on any atom is -0.463 e. The minimum atomic E-state index is -1.46. The zero-order chi connectivity index (χ0) is 37.8. The summed E-state index contributed by atoms with van der Waals surface area (Å²) in [6, 6.07) is 23.9. The standard InChI is InChI=1S/C43H48N4O7/c1-3-45(4-2)31-19-21-32(22-20-31)46-25-13-7-12-18-36(49)53-28-34(30-16-10-6-11-17-30)44-40(50)37-35-23-24-43(54-35)38(37)41(51)47(39(43)42(46)52)33(27-48)26-29-14-8-5-9-15-29/h5-11,13-17,19-24,33-35,37-39,48H,3-4,12,18,25-28H2,1-2H3,(H,44,50)/b13-7-/t33-,34+,35+,37-,38-,39+,43-/m1/s1. The van der Waals surface area contributed by atoms with Gasteiger partial charge >= 0.3 is 5.97 Å². The number of hydrogen-bond donors (Lipinski definition) is 2. The van der Waals surface area contributed by atoms with E-state index in [0.29, 0.717) is 18.5 Å². The number of fused-ring (bicyclic) bond motifs is 2. The monoisotopic (exact) mass is 732 g/mol. The number of esters is 1. The number of benzene rings is 3. The summed E-state index contributed by atoms with van der Waals surface area (Å²) in [4.78, 5) is 63.0. The van der Waals surface area contributed by atoms with Crippen LogP contribution in [0.5, 0.6) is 0 Å². The molecule has 0 radical (unpaired) electrons. The number of aliphatic hydroxyl groups excluding tert-OH is 1. The van der Waals surface area contributed by atoms with Crippen molar-refractivity contribution in [1.29, 1.82) is 0 Å². The second-order valence-corrected chi connectivity index (χ2v) is 14.3. The van der Waals surface area contributed by atoms with Crippen LogP contribution in [0, 0.1) is 11.8 Å². The van der Waals surface area contributed by atoms with E-state index in [1.54, 1.807) is 17.1 Å². The number of likely N-dealkylation sites (tertiary alicyclic amines) is 1. The van der Waals surface area contributed by atoms with E-state index in [1.807, 2.05) is 97.1 Å². The molecule has 4 heterocycles. The molecule has 54 heavy (non-hydrogen) atoms. The predicted octanol–water partition coefficient (Wildman–Crippen LogP) is 4.37. The Bertz CT molecular complexity index is 1880. The van der Waals surface area contributed by atoms with E-state index in [-0.39, 0.29) is 19.6 Å². The normalized spacial score (nSPS) is 28.1. The van der Waals surface area contributed by atoms with Crippen LogP contribution in [0.4, 0.5) is 11.4 Å². The maximum atomic E-state index is 15.4. The lowest BCUT2D eigenvalue weighted by atomic mass is 9.74. The molecule has 0 aliphatic carbocycles. The molecule has 1 spiro atoms. The lowest BCUT2D eigenvalue weighted by molar-refractivity contribution is -0.146. The molecule has 5 bridgehead atoms. The van der Waals surface area contributed by atoms with Crippen molar-refractivity contribution in [3.05, 3.63) is 120 Å². The van der Waals surface area contributed by atoms with Crippen LogP contribution in [0.15, 0.2) is 109 Å². The Labute approximate surface area is 316 Å². The van der Waals surface area contributed by atoms with Crippen LogP contribution in [-0.4, -0.2) is 90.3 Å². The SMILES string of the molecule is CCN(CC)c1ccc(N2C/C=C\CCC(=O)OC[C@@H](c3ccccc3)NC(=O)[C@@H]3[C@@H]4C=C[C@]5(O4)[C@H](C2=O)N([C@@H](CO)Cc2ccccc2)C(=O)[C@@H]35)cc1. The Kier molecular flexibility index (Phi) is 11.0. The highest BCUT2D eigenvalue weighted by molar-refractivity contribution is 6.06. The van der Waals surface area contributed by atoms with Crippen LogP contribution in [0.2, 0.25) is 0 Å². The number of nitrogens with zero attached hydrogens (tertiary/aromatic N) is 3. The van der Waals surface area contributed by atoms with E-state index in [9.17, 15) is 19.5 Å². The van der Waals surface area contributed by atoms with Gasteiger partial charge in [-0.25, -0.2) is 0 Å². The first kappa shape index (κ1) is 37.1. The van der Waals surface area contributed by atoms with Crippen LogP contribution in [-0.2, 0) is 35.1 Å². The molecule has 3 amide bonds. The van der Waals surface area contributed by atoms with Crippen LogP contribution < -0.4 is 15.1 Å². The zero-order valence-corrected chi connectivity index (χ0v) is 30.8. The topological polar surface area (TPSA) is 129 Å². The van der Waals surface area contributed by atoms with Crippen molar-refractivity contribution in [2.75, 3.05) is 42.6 Å². The van der Waals surface area contributed by atoms with Gasteiger partial charge in [0.05, 0.1) is 36.6 Å². The number of cyclic esters (lactones) is 1. The largest absolute Gasteiger partial charge is 0.463 e. The second kappa shape index (κ2) is 16.0. The number of rotatable bonds is 9. The van der Waals surface area contributed by atoms with E-state index in [4.69, 9.17) is 9.47 Å². The number of ether oxygens (including phenoxy) is 2. The fourth-order valence-corrected chi connectivity index (χ4v) is 8.54. The third-order valence-corrected chi connectivity index (χ3v) is 11.2. The predicted molar refractivity (Wildman–Crippen MR) is 204 cm³/mol. The number of hydrogen-bond acceptors (Lipinski definition) is 8. The van der Waals surface area contributed by atoms with Crippen LogP contribution >= 0.6 is 0 Å². The number of anilines is 2. The van der Waals surface area contributed by atoms with Crippen molar-refractivity contribution in [2.45, 2.75) is 62.9 Å². The average Bonchev–Trinajstić information content (AvgIpc) is 3.85. The van der Waals surface area contributed by atoms with Crippen LogP contribution in [0.1, 0.15) is 43.9 Å². The van der Waals surface area contributed by atoms with E-state index in [0.717, 1.165) is 29.9 Å². The molecule has 2 saturated heterocycles.